The topological polar surface area (TPSA) is 78.4 Å². The van der Waals surface area contributed by atoms with Crippen molar-refractivity contribution < 1.29 is 9.66 Å². The van der Waals surface area contributed by atoms with Gasteiger partial charge in [-0.15, -0.1) is 0 Å². The average Bonchev–Trinajstić information content (AvgIpc) is 2.38. The molecule has 0 heterocycles. The predicted molar refractivity (Wildman–Crippen MR) is 74.2 cm³/mol. The molecule has 2 unspecified atom stereocenters. The van der Waals surface area contributed by atoms with E-state index in [9.17, 15) is 10.1 Å². The third kappa shape index (κ3) is 3.36. The molecular weight excluding hydrogens is 244 g/mol. The lowest BCUT2D eigenvalue weighted by molar-refractivity contribution is -0.383. The van der Waals surface area contributed by atoms with Crippen molar-refractivity contribution in [1.82, 2.24) is 0 Å². The van der Waals surface area contributed by atoms with E-state index in [2.05, 4.69) is 6.92 Å². The molecule has 0 aliphatic heterocycles. The number of nitro benzene ring substituents is 1. The number of ether oxygens (including phenoxy) is 1. The van der Waals surface area contributed by atoms with Crippen LogP contribution in [0, 0.1) is 16.0 Å². The largest absolute Gasteiger partial charge is 0.490 e. The molecule has 0 bridgehead atoms. The highest BCUT2D eigenvalue weighted by molar-refractivity contribution is 5.60. The Bertz CT molecular complexity index is 462. The first-order valence-electron chi connectivity index (χ1n) is 6.80. The summed E-state index contributed by atoms with van der Waals surface area (Å²) in [7, 11) is 0. The van der Waals surface area contributed by atoms with E-state index in [1.54, 1.807) is 12.1 Å². The zero-order chi connectivity index (χ0) is 13.8. The minimum Gasteiger partial charge on any atom is -0.490 e. The Morgan fingerprint density at radius 3 is 2.89 bits per heavy atom. The van der Waals surface area contributed by atoms with Crippen molar-refractivity contribution >= 4 is 11.4 Å². The summed E-state index contributed by atoms with van der Waals surface area (Å²) >= 11 is 0. The fourth-order valence-electron chi connectivity index (χ4n) is 2.68. The van der Waals surface area contributed by atoms with Crippen molar-refractivity contribution in [2.24, 2.45) is 5.92 Å². The minimum atomic E-state index is -0.479. The second kappa shape index (κ2) is 5.91. The number of nitro groups is 1. The normalized spacial score (nSPS) is 23.0. The van der Waals surface area contributed by atoms with Crippen LogP contribution >= 0.6 is 0 Å². The van der Waals surface area contributed by atoms with E-state index in [0.29, 0.717) is 5.75 Å². The summed E-state index contributed by atoms with van der Waals surface area (Å²) < 4.78 is 5.90. The van der Waals surface area contributed by atoms with Crippen LogP contribution in [0.25, 0.3) is 0 Å². The third-order valence-corrected chi connectivity index (χ3v) is 3.81. The molecule has 1 aliphatic carbocycles. The third-order valence-electron chi connectivity index (χ3n) is 3.81. The Hall–Kier alpha value is -1.78. The number of hydrogen-bond donors (Lipinski definition) is 1. The van der Waals surface area contributed by atoms with E-state index in [-0.39, 0.29) is 17.5 Å². The van der Waals surface area contributed by atoms with Gasteiger partial charge in [0.2, 0.25) is 0 Å². The molecule has 2 rings (SSSR count). The van der Waals surface area contributed by atoms with Gasteiger partial charge in [0.1, 0.15) is 11.4 Å². The number of nitrogen functional groups attached to an aromatic ring is 1. The van der Waals surface area contributed by atoms with Crippen LogP contribution in [0.5, 0.6) is 5.75 Å². The average molecular weight is 264 g/mol. The van der Waals surface area contributed by atoms with Crippen molar-refractivity contribution in [3.63, 3.8) is 0 Å². The maximum Gasteiger partial charge on any atom is 0.292 e. The standard InChI is InChI=1S/C14H20N2O3/c1-2-10-4-3-5-11(8-10)19-12-6-7-14(16(17)18)13(15)9-12/h6-7,9-11H,2-5,8,15H2,1H3. The highest BCUT2D eigenvalue weighted by Crippen LogP contribution is 2.32. The molecule has 5 heteroatoms. The summed E-state index contributed by atoms with van der Waals surface area (Å²) in [4.78, 5) is 10.2. The number of rotatable bonds is 4. The SMILES string of the molecule is CCC1CCCC(Oc2ccc([N+](=O)[O-])c(N)c2)C1. The number of benzene rings is 1. The van der Waals surface area contributed by atoms with Gasteiger partial charge in [-0.1, -0.05) is 19.8 Å². The molecule has 19 heavy (non-hydrogen) atoms. The van der Waals surface area contributed by atoms with Gasteiger partial charge in [0.25, 0.3) is 5.69 Å². The van der Waals surface area contributed by atoms with Gasteiger partial charge in [0.15, 0.2) is 0 Å². The van der Waals surface area contributed by atoms with Crippen LogP contribution in [0.3, 0.4) is 0 Å². The van der Waals surface area contributed by atoms with Crippen LogP contribution in [0.1, 0.15) is 39.0 Å². The molecule has 0 spiro atoms. The summed E-state index contributed by atoms with van der Waals surface area (Å²) in [6.45, 7) is 2.21. The summed E-state index contributed by atoms with van der Waals surface area (Å²) in [6, 6.07) is 4.59. The molecule has 104 valence electrons. The van der Waals surface area contributed by atoms with Crippen molar-refractivity contribution in [2.75, 3.05) is 5.73 Å². The van der Waals surface area contributed by atoms with Gasteiger partial charge < -0.3 is 10.5 Å². The highest BCUT2D eigenvalue weighted by Gasteiger charge is 2.22. The fraction of sp³-hybridized carbons (Fsp3) is 0.571. The summed E-state index contributed by atoms with van der Waals surface area (Å²) in [5.74, 6) is 1.36. The molecule has 1 aliphatic rings. The Labute approximate surface area is 112 Å². The van der Waals surface area contributed by atoms with E-state index in [4.69, 9.17) is 10.5 Å². The van der Waals surface area contributed by atoms with Gasteiger partial charge in [-0.2, -0.15) is 0 Å². The number of hydrogen-bond acceptors (Lipinski definition) is 4. The predicted octanol–water partition coefficient (Wildman–Crippen LogP) is 3.52. The van der Waals surface area contributed by atoms with Crippen LogP contribution in [-0.2, 0) is 0 Å². The summed E-state index contributed by atoms with van der Waals surface area (Å²) in [6.07, 6.45) is 5.97. The highest BCUT2D eigenvalue weighted by atomic mass is 16.6. The van der Waals surface area contributed by atoms with Crippen molar-refractivity contribution in [3.8, 4) is 5.75 Å². The lowest BCUT2D eigenvalue weighted by Gasteiger charge is -2.29. The Morgan fingerprint density at radius 2 is 2.26 bits per heavy atom. The van der Waals surface area contributed by atoms with Crippen LogP contribution < -0.4 is 10.5 Å². The summed E-state index contributed by atoms with van der Waals surface area (Å²) in [5.41, 5.74) is 5.75. The van der Waals surface area contributed by atoms with E-state index in [1.165, 1.54) is 25.3 Å². The lowest BCUT2D eigenvalue weighted by atomic mass is 9.85. The molecule has 2 atom stereocenters. The number of anilines is 1. The minimum absolute atomic E-state index is 0.0672. The number of nitrogens with two attached hydrogens (primary N) is 1. The molecule has 2 N–H and O–H groups in total. The monoisotopic (exact) mass is 264 g/mol. The molecule has 1 fully saturated rings. The van der Waals surface area contributed by atoms with Gasteiger partial charge in [0.05, 0.1) is 11.0 Å². The van der Waals surface area contributed by atoms with E-state index < -0.39 is 4.92 Å². The molecule has 1 aromatic rings. The van der Waals surface area contributed by atoms with Crippen molar-refractivity contribution in [1.29, 1.82) is 0 Å². The Morgan fingerprint density at radius 1 is 1.47 bits per heavy atom. The maximum absolute atomic E-state index is 10.7. The maximum atomic E-state index is 10.7. The molecule has 1 saturated carbocycles. The molecule has 0 aromatic heterocycles. The molecule has 0 radical (unpaired) electrons. The first kappa shape index (κ1) is 13.6. The molecule has 0 saturated heterocycles. The van der Waals surface area contributed by atoms with Crippen LogP contribution in [0.2, 0.25) is 0 Å². The smallest absolute Gasteiger partial charge is 0.292 e. The van der Waals surface area contributed by atoms with Gasteiger partial charge in [0, 0.05) is 12.1 Å². The van der Waals surface area contributed by atoms with E-state index >= 15 is 0 Å². The molecule has 5 nitrogen and oxygen atoms in total. The molecule has 1 aromatic carbocycles. The van der Waals surface area contributed by atoms with E-state index in [0.717, 1.165) is 18.8 Å². The van der Waals surface area contributed by atoms with Crippen LogP contribution in [0.4, 0.5) is 11.4 Å². The second-order valence-corrected chi connectivity index (χ2v) is 5.16. The van der Waals surface area contributed by atoms with Gasteiger partial charge in [-0.25, -0.2) is 0 Å². The number of nitrogens with zero attached hydrogens (tertiary/aromatic N) is 1. The quantitative estimate of drug-likeness (QED) is 0.512. The van der Waals surface area contributed by atoms with Crippen molar-refractivity contribution in [3.05, 3.63) is 28.3 Å². The Kier molecular flexibility index (Phi) is 4.24. The van der Waals surface area contributed by atoms with Gasteiger partial charge >= 0.3 is 0 Å². The second-order valence-electron chi connectivity index (χ2n) is 5.16. The van der Waals surface area contributed by atoms with Crippen molar-refractivity contribution in [2.45, 2.75) is 45.1 Å². The van der Waals surface area contributed by atoms with Gasteiger partial charge in [-0.05, 0) is 31.2 Å². The lowest BCUT2D eigenvalue weighted by Crippen LogP contribution is -2.25. The molecular formula is C14H20N2O3. The fourth-order valence-corrected chi connectivity index (χ4v) is 2.68. The molecule has 0 amide bonds. The summed E-state index contributed by atoms with van der Waals surface area (Å²) in [5, 5.41) is 10.7. The van der Waals surface area contributed by atoms with Crippen LogP contribution in [-0.4, -0.2) is 11.0 Å². The van der Waals surface area contributed by atoms with Crippen LogP contribution in [0.15, 0.2) is 18.2 Å². The van der Waals surface area contributed by atoms with E-state index in [1.807, 2.05) is 0 Å². The Balaban J connectivity index is 2.03. The van der Waals surface area contributed by atoms with Gasteiger partial charge in [-0.3, -0.25) is 10.1 Å². The zero-order valence-electron chi connectivity index (χ0n) is 11.2. The first-order valence-corrected chi connectivity index (χ1v) is 6.80. The zero-order valence-corrected chi connectivity index (χ0v) is 11.2. The first-order chi connectivity index (χ1) is 9.10.